The first-order valence-electron chi connectivity index (χ1n) is 11.0. The van der Waals surface area contributed by atoms with Crippen molar-refractivity contribution in [2.24, 2.45) is 0 Å². The Kier molecular flexibility index (Phi) is 5.81. The molecule has 2 saturated heterocycles. The van der Waals surface area contributed by atoms with Gasteiger partial charge in [0.1, 0.15) is 0 Å². The highest BCUT2D eigenvalue weighted by Crippen LogP contribution is 2.34. The molecule has 0 bridgehead atoms. The fourth-order valence-electron chi connectivity index (χ4n) is 4.35. The van der Waals surface area contributed by atoms with Crippen molar-refractivity contribution in [1.29, 1.82) is 0 Å². The molecular weight excluding hydrogens is 408 g/mol. The van der Waals surface area contributed by atoms with Crippen molar-refractivity contribution < 1.29 is 14.1 Å². The van der Waals surface area contributed by atoms with E-state index in [-0.39, 0.29) is 11.8 Å². The second kappa shape index (κ2) is 9.04. The van der Waals surface area contributed by atoms with Gasteiger partial charge in [0.05, 0.1) is 30.2 Å². The number of anilines is 1. The molecule has 1 amide bonds. The number of morpholine rings is 1. The first kappa shape index (κ1) is 20.6. The van der Waals surface area contributed by atoms with Crippen LogP contribution < -0.4 is 4.90 Å². The number of aromatic nitrogens is 4. The maximum absolute atomic E-state index is 13.1. The summed E-state index contributed by atoms with van der Waals surface area (Å²) in [6.07, 6.45) is 6.99. The number of hydrogen-bond donors (Lipinski definition) is 0. The molecule has 3 aromatic rings. The summed E-state index contributed by atoms with van der Waals surface area (Å²) in [4.78, 5) is 30.8. The van der Waals surface area contributed by atoms with Crippen molar-refractivity contribution in [3.05, 3.63) is 53.7 Å². The summed E-state index contributed by atoms with van der Waals surface area (Å²) in [6, 6.07) is 5.42. The third-order valence-corrected chi connectivity index (χ3v) is 6.02. The standard InChI is InChI=1S/C23H26N6O3/c1-16-13-20(32-27-16)19-14-25-23(28-9-11-31-12-10-28)26-21(19)18-3-2-8-29(15-18)22(30)17-4-6-24-7-5-17/h4-7,13-14,18H,2-3,8-12,15H2,1H3/t18-/m1/s1. The van der Waals surface area contributed by atoms with Gasteiger partial charge in [0.2, 0.25) is 5.95 Å². The Morgan fingerprint density at radius 3 is 2.72 bits per heavy atom. The highest BCUT2D eigenvalue weighted by Gasteiger charge is 2.30. The van der Waals surface area contributed by atoms with Crippen LogP contribution in [-0.2, 0) is 4.74 Å². The molecule has 0 radical (unpaired) electrons. The highest BCUT2D eigenvalue weighted by molar-refractivity contribution is 5.94. The van der Waals surface area contributed by atoms with E-state index < -0.39 is 0 Å². The molecule has 5 heterocycles. The fourth-order valence-corrected chi connectivity index (χ4v) is 4.35. The van der Waals surface area contributed by atoms with Crippen LogP contribution in [0.3, 0.4) is 0 Å². The number of carbonyl (C=O) groups excluding carboxylic acids is 1. The molecule has 166 valence electrons. The third kappa shape index (κ3) is 4.20. The molecule has 0 aromatic carbocycles. The Morgan fingerprint density at radius 2 is 1.97 bits per heavy atom. The fraction of sp³-hybridized carbons (Fsp3) is 0.435. The van der Waals surface area contributed by atoms with Gasteiger partial charge in [0, 0.05) is 62.3 Å². The largest absolute Gasteiger partial charge is 0.378 e. The van der Waals surface area contributed by atoms with Crippen LogP contribution >= 0.6 is 0 Å². The Balaban J connectivity index is 1.47. The minimum Gasteiger partial charge on any atom is -0.378 e. The van der Waals surface area contributed by atoms with Crippen LogP contribution in [0, 0.1) is 6.92 Å². The average molecular weight is 435 g/mol. The van der Waals surface area contributed by atoms with E-state index >= 15 is 0 Å². The smallest absolute Gasteiger partial charge is 0.253 e. The molecule has 2 aliphatic heterocycles. The summed E-state index contributed by atoms with van der Waals surface area (Å²) in [7, 11) is 0. The highest BCUT2D eigenvalue weighted by atomic mass is 16.5. The lowest BCUT2D eigenvalue weighted by atomic mass is 9.91. The Morgan fingerprint density at radius 1 is 1.16 bits per heavy atom. The molecule has 9 heteroatoms. The minimum absolute atomic E-state index is 0.0246. The molecule has 2 aliphatic rings. The lowest BCUT2D eigenvalue weighted by Gasteiger charge is -2.34. The monoisotopic (exact) mass is 434 g/mol. The predicted molar refractivity (Wildman–Crippen MR) is 117 cm³/mol. The third-order valence-electron chi connectivity index (χ3n) is 6.02. The van der Waals surface area contributed by atoms with Crippen LogP contribution in [0.15, 0.2) is 41.3 Å². The molecule has 5 rings (SSSR count). The van der Waals surface area contributed by atoms with Gasteiger partial charge in [-0.1, -0.05) is 5.16 Å². The summed E-state index contributed by atoms with van der Waals surface area (Å²) in [5.41, 5.74) is 3.21. The number of aryl methyl sites for hydroxylation is 1. The Hall–Kier alpha value is -3.33. The summed E-state index contributed by atoms with van der Waals surface area (Å²) in [6.45, 7) is 6.08. The number of ether oxygens (including phenoxy) is 1. The van der Waals surface area contributed by atoms with Gasteiger partial charge in [0.15, 0.2) is 5.76 Å². The molecule has 0 N–H and O–H groups in total. The normalized spacial score (nSPS) is 19.2. The number of nitrogens with zero attached hydrogens (tertiary/aromatic N) is 6. The second-order valence-corrected chi connectivity index (χ2v) is 8.23. The van der Waals surface area contributed by atoms with Crippen LogP contribution in [0.25, 0.3) is 11.3 Å². The summed E-state index contributed by atoms with van der Waals surface area (Å²) in [5, 5.41) is 4.05. The van der Waals surface area contributed by atoms with Gasteiger partial charge < -0.3 is 19.1 Å². The quantitative estimate of drug-likeness (QED) is 0.618. The number of rotatable bonds is 4. The van der Waals surface area contributed by atoms with E-state index in [0.29, 0.717) is 37.0 Å². The van der Waals surface area contributed by atoms with Crippen LogP contribution in [-0.4, -0.2) is 70.3 Å². The van der Waals surface area contributed by atoms with Crippen LogP contribution in [0.1, 0.15) is 40.5 Å². The van der Waals surface area contributed by atoms with Crippen molar-refractivity contribution in [1.82, 2.24) is 25.0 Å². The van der Waals surface area contributed by atoms with Gasteiger partial charge in [-0.2, -0.15) is 0 Å². The maximum Gasteiger partial charge on any atom is 0.253 e. The number of likely N-dealkylation sites (tertiary alicyclic amines) is 1. The number of amides is 1. The van der Waals surface area contributed by atoms with E-state index in [2.05, 4.69) is 20.0 Å². The van der Waals surface area contributed by atoms with Gasteiger partial charge in [-0.15, -0.1) is 0 Å². The summed E-state index contributed by atoms with van der Waals surface area (Å²) in [5.74, 6) is 1.46. The summed E-state index contributed by atoms with van der Waals surface area (Å²) < 4.78 is 11.0. The summed E-state index contributed by atoms with van der Waals surface area (Å²) >= 11 is 0. The van der Waals surface area contributed by atoms with Crippen molar-refractivity contribution in [3.63, 3.8) is 0 Å². The van der Waals surface area contributed by atoms with Gasteiger partial charge in [-0.05, 0) is 31.9 Å². The molecular formula is C23H26N6O3. The maximum atomic E-state index is 13.1. The van der Waals surface area contributed by atoms with Gasteiger partial charge >= 0.3 is 0 Å². The minimum atomic E-state index is 0.0246. The number of carbonyl (C=O) groups is 1. The van der Waals surface area contributed by atoms with Crippen LogP contribution in [0.2, 0.25) is 0 Å². The number of pyridine rings is 1. The van der Waals surface area contributed by atoms with E-state index in [1.54, 1.807) is 24.5 Å². The van der Waals surface area contributed by atoms with Crippen molar-refractivity contribution >= 4 is 11.9 Å². The topological polar surface area (TPSA) is 97.5 Å². The van der Waals surface area contributed by atoms with Crippen LogP contribution in [0.5, 0.6) is 0 Å². The SMILES string of the molecule is Cc1cc(-c2cnc(N3CCOCC3)nc2[C@@H]2CCCN(C(=O)c3ccncc3)C2)on1. The first-order valence-corrected chi connectivity index (χ1v) is 11.0. The molecule has 32 heavy (non-hydrogen) atoms. The van der Waals surface area contributed by atoms with E-state index in [9.17, 15) is 4.79 Å². The molecule has 0 spiro atoms. The Bertz CT molecular complexity index is 1080. The zero-order valence-electron chi connectivity index (χ0n) is 18.1. The van der Waals surface area contributed by atoms with Crippen LogP contribution in [0.4, 0.5) is 5.95 Å². The van der Waals surface area contributed by atoms with E-state index in [1.165, 1.54) is 0 Å². The van der Waals surface area contributed by atoms with Crippen molar-refractivity contribution in [2.75, 3.05) is 44.3 Å². The van der Waals surface area contributed by atoms with E-state index in [0.717, 1.165) is 49.4 Å². The van der Waals surface area contributed by atoms with Gasteiger partial charge in [0.25, 0.3) is 5.91 Å². The zero-order valence-corrected chi connectivity index (χ0v) is 18.1. The Labute approximate surface area is 186 Å². The van der Waals surface area contributed by atoms with E-state index in [4.69, 9.17) is 14.2 Å². The lowest BCUT2D eigenvalue weighted by Crippen LogP contribution is -2.40. The van der Waals surface area contributed by atoms with Gasteiger partial charge in [-0.3, -0.25) is 9.78 Å². The first-order chi connectivity index (χ1) is 15.7. The molecule has 0 saturated carbocycles. The van der Waals surface area contributed by atoms with E-state index in [1.807, 2.05) is 24.1 Å². The molecule has 3 aromatic heterocycles. The lowest BCUT2D eigenvalue weighted by molar-refractivity contribution is 0.0706. The zero-order chi connectivity index (χ0) is 21.9. The number of piperidine rings is 1. The molecule has 0 unspecified atom stereocenters. The van der Waals surface area contributed by atoms with Gasteiger partial charge in [-0.25, -0.2) is 9.97 Å². The molecule has 2 fully saturated rings. The average Bonchev–Trinajstić information content (AvgIpc) is 3.30. The second-order valence-electron chi connectivity index (χ2n) is 8.23. The molecule has 0 aliphatic carbocycles. The molecule has 1 atom stereocenters. The van der Waals surface area contributed by atoms with Crippen molar-refractivity contribution in [3.8, 4) is 11.3 Å². The molecule has 9 nitrogen and oxygen atoms in total. The van der Waals surface area contributed by atoms with Crippen molar-refractivity contribution in [2.45, 2.75) is 25.7 Å². The predicted octanol–water partition coefficient (Wildman–Crippen LogP) is 2.69. The number of hydrogen-bond acceptors (Lipinski definition) is 8.